The zero-order chi connectivity index (χ0) is 15.0. The summed E-state index contributed by atoms with van der Waals surface area (Å²) in [5.41, 5.74) is 7.39. The van der Waals surface area contributed by atoms with E-state index in [9.17, 15) is 9.59 Å². The molecule has 0 spiro atoms. The first-order chi connectivity index (χ1) is 9.60. The van der Waals surface area contributed by atoms with Gasteiger partial charge >= 0.3 is 11.9 Å². The highest BCUT2D eigenvalue weighted by Gasteiger charge is 2.16. The van der Waals surface area contributed by atoms with Gasteiger partial charge in [0.25, 0.3) is 0 Å². The topological polar surface area (TPSA) is 78.6 Å². The molecule has 0 aliphatic carbocycles. The minimum absolute atomic E-state index is 0.231. The number of esters is 2. The van der Waals surface area contributed by atoms with Crippen molar-refractivity contribution in [1.82, 2.24) is 0 Å². The summed E-state index contributed by atoms with van der Waals surface area (Å²) >= 11 is 1.37. The van der Waals surface area contributed by atoms with Crippen LogP contribution in [0.1, 0.15) is 29.3 Å². The fourth-order valence-corrected chi connectivity index (χ4v) is 2.41. The van der Waals surface area contributed by atoms with Gasteiger partial charge in [-0.25, -0.2) is 4.79 Å². The molecule has 5 nitrogen and oxygen atoms in total. The molecular formula is C14H19NO4S. The molecule has 0 aliphatic heterocycles. The second kappa shape index (κ2) is 8.47. The molecule has 0 atom stereocenters. The summed E-state index contributed by atoms with van der Waals surface area (Å²) in [6, 6.07) is 5.25. The predicted molar refractivity (Wildman–Crippen MR) is 79.6 cm³/mol. The van der Waals surface area contributed by atoms with Gasteiger partial charge in [0.2, 0.25) is 0 Å². The Morgan fingerprint density at radius 1 is 1.35 bits per heavy atom. The number of carbonyl (C=O) groups excluding carboxylic acids is 2. The molecule has 20 heavy (non-hydrogen) atoms. The van der Waals surface area contributed by atoms with Crippen LogP contribution in [0.4, 0.5) is 5.69 Å². The van der Waals surface area contributed by atoms with Gasteiger partial charge in [-0.15, -0.1) is 11.8 Å². The molecule has 0 bridgehead atoms. The van der Waals surface area contributed by atoms with Crippen molar-refractivity contribution in [3.63, 3.8) is 0 Å². The average molecular weight is 297 g/mol. The van der Waals surface area contributed by atoms with Crippen LogP contribution in [0, 0.1) is 0 Å². The number of thioether (sulfide) groups is 1. The third-order valence-corrected chi connectivity index (χ3v) is 3.48. The summed E-state index contributed by atoms with van der Waals surface area (Å²) in [6.07, 6.45) is 0.755. The standard InChI is InChI=1S/C14H19NO4S/c1-3-7-19-14(17)13-10(5-4-6-11(13)15)8-20-9-12(16)18-2/h4-6H,3,7-9,15H2,1-2H3. The van der Waals surface area contributed by atoms with Gasteiger partial charge in [-0.1, -0.05) is 19.1 Å². The van der Waals surface area contributed by atoms with Crippen LogP contribution in [0.2, 0.25) is 0 Å². The molecule has 0 unspecified atom stereocenters. The van der Waals surface area contributed by atoms with E-state index in [1.54, 1.807) is 12.1 Å². The van der Waals surface area contributed by atoms with E-state index in [1.807, 2.05) is 13.0 Å². The number of ether oxygens (including phenoxy) is 2. The summed E-state index contributed by atoms with van der Waals surface area (Å²) in [4.78, 5) is 23.1. The van der Waals surface area contributed by atoms with E-state index in [2.05, 4.69) is 4.74 Å². The Labute approximate surface area is 122 Å². The van der Waals surface area contributed by atoms with E-state index in [-0.39, 0.29) is 11.7 Å². The second-order valence-corrected chi connectivity index (χ2v) is 5.07. The Bertz CT molecular complexity index is 476. The van der Waals surface area contributed by atoms with Crippen LogP contribution in [0.3, 0.4) is 0 Å². The zero-order valence-corrected chi connectivity index (χ0v) is 12.5. The van der Waals surface area contributed by atoms with Crippen molar-refractivity contribution in [2.24, 2.45) is 0 Å². The molecule has 0 aliphatic rings. The Morgan fingerprint density at radius 3 is 2.75 bits per heavy atom. The number of anilines is 1. The summed E-state index contributed by atoms with van der Waals surface area (Å²) in [5.74, 6) is 0.0125. The number of nitrogens with two attached hydrogens (primary N) is 1. The van der Waals surface area contributed by atoms with Crippen molar-refractivity contribution in [2.45, 2.75) is 19.1 Å². The highest BCUT2D eigenvalue weighted by atomic mass is 32.2. The number of nitrogen functional groups attached to an aromatic ring is 1. The summed E-state index contributed by atoms with van der Waals surface area (Å²) in [5, 5.41) is 0. The molecule has 0 saturated heterocycles. The lowest BCUT2D eigenvalue weighted by Gasteiger charge is -2.11. The molecule has 1 aromatic carbocycles. The van der Waals surface area contributed by atoms with E-state index in [0.717, 1.165) is 12.0 Å². The number of carbonyl (C=O) groups is 2. The van der Waals surface area contributed by atoms with Gasteiger partial charge < -0.3 is 15.2 Å². The van der Waals surface area contributed by atoms with Gasteiger partial charge in [0.05, 0.1) is 25.0 Å². The molecule has 0 heterocycles. The molecular weight excluding hydrogens is 278 g/mol. The molecule has 2 N–H and O–H groups in total. The first-order valence-corrected chi connectivity index (χ1v) is 7.44. The normalized spacial score (nSPS) is 10.1. The Balaban J connectivity index is 2.77. The Kier molecular flexibility index (Phi) is 6.93. The van der Waals surface area contributed by atoms with Gasteiger partial charge in [-0.2, -0.15) is 0 Å². The lowest BCUT2D eigenvalue weighted by Crippen LogP contribution is -2.12. The third-order valence-electron chi connectivity index (χ3n) is 2.53. The van der Waals surface area contributed by atoms with Crippen LogP contribution in [-0.4, -0.2) is 31.4 Å². The maximum absolute atomic E-state index is 12.0. The minimum atomic E-state index is -0.418. The number of rotatable bonds is 7. The number of hydrogen-bond donors (Lipinski definition) is 1. The maximum atomic E-state index is 12.0. The fourth-order valence-electron chi connectivity index (χ4n) is 1.56. The minimum Gasteiger partial charge on any atom is -0.468 e. The van der Waals surface area contributed by atoms with Crippen LogP contribution in [0.5, 0.6) is 0 Å². The lowest BCUT2D eigenvalue weighted by molar-refractivity contribution is -0.137. The van der Waals surface area contributed by atoms with Gasteiger partial charge in [0, 0.05) is 11.4 Å². The fraction of sp³-hybridized carbons (Fsp3) is 0.429. The Hall–Kier alpha value is -1.69. The Morgan fingerprint density at radius 2 is 2.10 bits per heavy atom. The van der Waals surface area contributed by atoms with Gasteiger partial charge in [0.1, 0.15) is 0 Å². The van der Waals surface area contributed by atoms with E-state index in [4.69, 9.17) is 10.5 Å². The monoisotopic (exact) mass is 297 g/mol. The smallest absolute Gasteiger partial charge is 0.340 e. The predicted octanol–water partition coefficient (Wildman–Crippen LogP) is 2.24. The molecule has 1 rings (SSSR count). The van der Waals surface area contributed by atoms with Crippen LogP contribution in [-0.2, 0) is 20.0 Å². The highest BCUT2D eigenvalue weighted by Crippen LogP contribution is 2.23. The molecule has 1 aromatic rings. The highest BCUT2D eigenvalue weighted by molar-refractivity contribution is 7.99. The van der Waals surface area contributed by atoms with Gasteiger partial charge in [-0.05, 0) is 18.1 Å². The van der Waals surface area contributed by atoms with Crippen LogP contribution in [0.25, 0.3) is 0 Å². The molecule has 6 heteroatoms. The molecule has 0 amide bonds. The van der Waals surface area contributed by atoms with E-state index in [1.165, 1.54) is 18.9 Å². The molecule has 0 radical (unpaired) electrons. The first-order valence-electron chi connectivity index (χ1n) is 6.29. The second-order valence-electron chi connectivity index (χ2n) is 4.09. The lowest BCUT2D eigenvalue weighted by atomic mass is 10.1. The third kappa shape index (κ3) is 4.77. The largest absolute Gasteiger partial charge is 0.468 e. The van der Waals surface area contributed by atoms with Gasteiger partial charge in [0.15, 0.2) is 0 Å². The van der Waals surface area contributed by atoms with E-state index >= 15 is 0 Å². The van der Waals surface area contributed by atoms with Crippen LogP contribution >= 0.6 is 11.8 Å². The van der Waals surface area contributed by atoms with E-state index < -0.39 is 5.97 Å². The number of hydrogen-bond acceptors (Lipinski definition) is 6. The summed E-state index contributed by atoms with van der Waals surface area (Å²) < 4.78 is 9.69. The number of benzene rings is 1. The van der Waals surface area contributed by atoms with Crippen LogP contribution < -0.4 is 5.73 Å². The SMILES string of the molecule is CCCOC(=O)c1c(N)cccc1CSCC(=O)OC. The van der Waals surface area contributed by atoms with Gasteiger partial charge in [-0.3, -0.25) is 4.79 Å². The zero-order valence-electron chi connectivity index (χ0n) is 11.7. The quantitative estimate of drug-likeness (QED) is 0.614. The molecule has 0 fully saturated rings. The van der Waals surface area contributed by atoms with Crippen molar-refractivity contribution in [3.05, 3.63) is 29.3 Å². The first kappa shape index (κ1) is 16.4. The summed E-state index contributed by atoms with van der Waals surface area (Å²) in [6.45, 7) is 2.29. The molecule has 0 saturated carbocycles. The van der Waals surface area contributed by atoms with Crippen molar-refractivity contribution < 1.29 is 19.1 Å². The van der Waals surface area contributed by atoms with Crippen molar-refractivity contribution in [3.8, 4) is 0 Å². The molecule has 110 valence electrons. The van der Waals surface area contributed by atoms with Crippen LogP contribution in [0.15, 0.2) is 18.2 Å². The van der Waals surface area contributed by atoms with Crippen molar-refractivity contribution in [1.29, 1.82) is 0 Å². The van der Waals surface area contributed by atoms with E-state index in [0.29, 0.717) is 23.6 Å². The summed E-state index contributed by atoms with van der Waals surface area (Å²) in [7, 11) is 1.34. The average Bonchev–Trinajstić information content (AvgIpc) is 2.44. The molecule has 0 aromatic heterocycles. The maximum Gasteiger partial charge on any atom is 0.340 e. The van der Waals surface area contributed by atoms with Crippen molar-refractivity contribution >= 4 is 29.4 Å². The number of methoxy groups -OCH3 is 1. The van der Waals surface area contributed by atoms with Crippen molar-refractivity contribution in [2.75, 3.05) is 25.2 Å².